The molecule has 3 aliphatic carbocycles. The van der Waals surface area contributed by atoms with Crippen molar-refractivity contribution in [1.29, 1.82) is 0 Å². The van der Waals surface area contributed by atoms with E-state index in [4.69, 9.17) is 0 Å². The number of hydrogen-bond donors (Lipinski definition) is 0. The lowest BCUT2D eigenvalue weighted by atomic mass is 9.58. The molecule has 0 aromatic rings. The van der Waals surface area contributed by atoms with E-state index in [0.29, 0.717) is 22.5 Å². The van der Waals surface area contributed by atoms with Gasteiger partial charge in [-0.1, -0.05) is 40.2 Å². The normalized spacial score (nSPS) is 42.5. The first-order valence-corrected chi connectivity index (χ1v) is 8.34. The Balaban J connectivity index is 1.96. The van der Waals surface area contributed by atoms with Gasteiger partial charge in [0.15, 0.2) is 5.78 Å². The minimum atomic E-state index is 0.179. The Morgan fingerprint density at radius 3 is 2.45 bits per heavy atom. The molecule has 3 aliphatic rings. The molecule has 112 valence electrons. The molecule has 0 bridgehead atoms. The van der Waals surface area contributed by atoms with Crippen LogP contribution in [-0.4, -0.2) is 5.78 Å². The van der Waals surface area contributed by atoms with Crippen LogP contribution in [0.15, 0.2) is 11.6 Å². The third kappa shape index (κ3) is 2.38. The smallest absolute Gasteiger partial charge is 0.156 e. The summed E-state index contributed by atoms with van der Waals surface area (Å²) in [6, 6.07) is 0. The fourth-order valence-corrected chi connectivity index (χ4v) is 5.77. The van der Waals surface area contributed by atoms with Crippen molar-refractivity contribution in [2.75, 3.05) is 0 Å². The van der Waals surface area contributed by atoms with Crippen molar-refractivity contribution in [1.82, 2.24) is 0 Å². The molecule has 0 N–H and O–H groups in total. The molecular formula is C19H30O. The summed E-state index contributed by atoms with van der Waals surface area (Å²) < 4.78 is 0. The molecule has 3 atom stereocenters. The van der Waals surface area contributed by atoms with Crippen LogP contribution in [0.3, 0.4) is 0 Å². The maximum Gasteiger partial charge on any atom is 0.156 e. The Morgan fingerprint density at radius 2 is 1.75 bits per heavy atom. The molecule has 0 aliphatic heterocycles. The van der Waals surface area contributed by atoms with E-state index in [-0.39, 0.29) is 5.41 Å². The van der Waals surface area contributed by atoms with Crippen LogP contribution in [0.25, 0.3) is 0 Å². The second kappa shape index (κ2) is 4.21. The zero-order chi connectivity index (χ0) is 14.8. The van der Waals surface area contributed by atoms with Gasteiger partial charge in [0.25, 0.3) is 0 Å². The summed E-state index contributed by atoms with van der Waals surface area (Å²) in [5, 5.41) is 0. The van der Waals surface area contributed by atoms with Crippen LogP contribution in [0.5, 0.6) is 0 Å². The zero-order valence-electron chi connectivity index (χ0n) is 13.9. The molecule has 20 heavy (non-hydrogen) atoms. The van der Waals surface area contributed by atoms with Gasteiger partial charge in [-0.15, -0.1) is 0 Å². The van der Waals surface area contributed by atoms with Gasteiger partial charge in [0.2, 0.25) is 0 Å². The second-order valence-corrected chi connectivity index (χ2v) is 9.65. The number of carbonyl (C=O) groups is 1. The minimum absolute atomic E-state index is 0.179. The number of fused-ring (bicyclic) bond motifs is 3. The van der Waals surface area contributed by atoms with Gasteiger partial charge >= 0.3 is 0 Å². The van der Waals surface area contributed by atoms with E-state index in [0.717, 1.165) is 12.3 Å². The molecular weight excluding hydrogens is 244 g/mol. The number of carbonyl (C=O) groups excluding carboxylic acids is 1. The Labute approximate surface area is 124 Å². The van der Waals surface area contributed by atoms with Crippen LogP contribution in [-0.2, 0) is 4.79 Å². The van der Waals surface area contributed by atoms with E-state index in [1.54, 1.807) is 0 Å². The van der Waals surface area contributed by atoms with Crippen molar-refractivity contribution in [3.05, 3.63) is 11.6 Å². The predicted octanol–water partition coefficient (Wildman–Crippen LogP) is 5.15. The van der Waals surface area contributed by atoms with Crippen molar-refractivity contribution >= 4 is 5.78 Å². The molecule has 0 aromatic carbocycles. The van der Waals surface area contributed by atoms with Crippen molar-refractivity contribution in [3.8, 4) is 0 Å². The Morgan fingerprint density at radius 1 is 1.05 bits per heavy atom. The van der Waals surface area contributed by atoms with Crippen LogP contribution in [0.1, 0.15) is 73.1 Å². The van der Waals surface area contributed by atoms with Crippen LogP contribution < -0.4 is 0 Å². The van der Waals surface area contributed by atoms with Crippen LogP contribution in [0.4, 0.5) is 0 Å². The molecule has 2 saturated carbocycles. The summed E-state index contributed by atoms with van der Waals surface area (Å²) >= 11 is 0. The van der Waals surface area contributed by atoms with Crippen LogP contribution >= 0.6 is 0 Å². The molecule has 0 aromatic heterocycles. The lowest BCUT2D eigenvalue weighted by Gasteiger charge is -2.47. The molecule has 0 amide bonds. The number of hydrogen-bond acceptors (Lipinski definition) is 1. The van der Waals surface area contributed by atoms with E-state index < -0.39 is 0 Å². The quantitative estimate of drug-likeness (QED) is 0.596. The molecule has 1 nitrogen and oxygen atoms in total. The van der Waals surface area contributed by atoms with Crippen molar-refractivity contribution in [3.63, 3.8) is 0 Å². The third-order valence-corrected chi connectivity index (χ3v) is 6.25. The van der Waals surface area contributed by atoms with E-state index in [9.17, 15) is 4.79 Å². The maximum absolute atomic E-state index is 12.2. The van der Waals surface area contributed by atoms with Gasteiger partial charge in [0, 0.05) is 6.42 Å². The lowest BCUT2D eigenvalue weighted by Crippen LogP contribution is -2.37. The average molecular weight is 274 g/mol. The summed E-state index contributed by atoms with van der Waals surface area (Å²) in [6.45, 7) is 11.9. The summed E-state index contributed by atoms with van der Waals surface area (Å²) in [5.74, 6) is 1.86. The fourth-order valence-electron chi connectivity index (χ4n) is 5.77. The SMILES string of the molecule is CC1(C)CC(=O)C=C2C[C@@]3(C)CC(C)(C)CCC3[C@H]2C1. The van der Waals surface area contributed by atoms with E-state index >= 15 is 0 Å². The molecule has 2 fully saturated rings. The number of ketones is 1. The molecule has 0 spiro atoms. The van der Waals surface area contributed by atoms with Crippen LogP contribution in [0, 0.1) is 28.1 Å². The topological polar surface area (TPSA) is 17.1 Å². The van der Waals surface area contributed by atoms with Gasteiger partial charge in [0.1, 0.15) is 0 Å². The Bertz CT molecular complexity index is 468. The largest absolute Gasteiger partial charge is 0.295 e. The summed E-state index contributed by atoms with van der Waals surface area (Å²) in [7, 11) is 0. The summed E-state index contributed by atoms with van der Waals surface area (Å²) in [6.07, 6.45) is 9.20. The Kier molecular flexibility index (Phi) is 3.02. The number of rotatable bonds is 0. The van der Waals surface area contributed by atoms with Crippen molar-refractivity contribution in [2.24, 2.45) is 28.1 Å². The molecule has 1 unspecified atom stereocenters. The second-order valence-electron chi connectivity index (χ2n) is 9.65. The van der Waals surface area contributed by atoms with Crippen molar-refractivity contribution < 1.29 is 4.79 Å². The minimum Gasteiger partial charge on any atom is -0.295 e. The highest BCUT2D eigenvalue weighted by molar-refractivity contribution is 5.91. The van der Waals surface area contributed by atoms with Gasteiger partial charge in [-0.2, -0.15) is 0 Å². The summed E-state index contributed by atoms with van der Waals surface area (Å²) in [5.41, 5.74) is 2.59. The first kappa shape index (κ1) is 14.4. The van der Waals surface area contributed by atoms with Crippen LogP contribution in [0.2, 0.25) is 0 Å². The average Bonchev–Trinajstić information content (AvgIpc) is 2.39. The molecule has 1 heteroatoms. The zero-order valence-corrected chi connectivity index (χ0v) is 13.9. The molecule has 3 rings (SSSR count). The first-order valence-electron chi connectivity index (χ1n) is 8.34. The van der Waals surface area contributed by atoms with Gasteiger partial charge in [-0.05, 0) is 66.3 Å². The number of allylic oxidation sites excluding steroid dienone is 2. The fraction of sp³-hybridized carbons (Fsp3) is 0.842. The van der Waals surface area contributed by atoms with E-state index in [2.05, 4.69) is 34.6 Å². The lowest BCUT2D eigenvalue weighted by molar-refractivity contribution is -0.116. The van der Waals surface area contributed by atoms with Crippen molar-refractivity contribution in [2.45, 2.75) is 73.1 Å². The first-order chi connectivity index (χ1) is 9.10. The van der Waals surface area contributed by atoms with E-state index in [1.807, 2.05) is 6.08 Å². The third-order valence-electron chi connectivity index (χ3n) is 6.25. The molecule has 0 radical (unpaired) electrons. The van der Waals surface area contributed by atoms with Gasteiger partial charge in [0.05, 0.1) is 0 Å². The Hall–Kier alpha value is -0.590. The highest BCUT2D eigenvalue weighted by atomic mass is 16.1. The highest BCUT2D eigenvalue weighted by Crippen LogP contribution is 2.63. The van der Waals surface area contributed by atoms with Gasteiger partial charge in [-0.25, -0.2) is 0 Å². The highest BCUT2D eigenvalue weighted by Gasteiger charge is 2.53. The van der Waals surface area contributed by atoms with Gasteiger partial charge in [-0.3, -0.25) is 4.79 Å². The summed E-state index contributed by atoms with van der Waals surface area (Å²) in [4.78, 5) is 12.2. The maximum atomic E-state index is 12.2. The standard InChI is InChI=1S/C19H30O/c1-17(2)7-6-16-15-11-18(3,4)10-14(20)8-13(15)9-19(16,5)12-17/h8,15-16H,6-7,9-12H2,1-5H3/t15-,16?,19-/m0/s1. The predicted molar refractivity (Wildman–Crippen MR) is 83.4 cm³/mol. The van der Waals surface area contributed by atoms with E-state index in [1.165, 1.54) is 37.7 Å². The molecule has 0 saturated heterocycles. The van der Waals surface area contributed by atoms with Gasteiger partial charge < -0.3 is 0 Å². The molecule has 0 heterocycles. The monoisotopic (exact) mass is 274 g/mol.